The zero-order chi connectivity index (χ0) is 9.10. The monoisotopic (exact) mass is 195 g/mol. The first-order valence-electron chi connectivity index (χ1n) is 4.07. The lowest BCUT2D eigenvalue weighted by molar-refractivity contribution is 0.816. The van der Waals surface area contributed by atoms with Crippen molar-refractivity contribution in [3.8, 4) is 0 Å². The number of rotatable bonds is 3. The van der Waals surface area contributed by atoms with Crippen molar-refractivity contribution in [1.29, 1.82) is 0 Å². The van der Waals surface area contributed by atoms with E-state index < -0.39 is 0 Å². The van der Waals surface area contributed by atoms with Crippen LogP contribution in [0.25, 0.3) is 5.65 Å². The van der Waals surface area contributed by atoms with Gasteiger partial charge in [-0.3, -0.25) is 0 Å². The van der Waals surface area contributed by atoms with Gasteiger partial charge >= 0.3 is 0 Å². The number of nitrogens with zero attached hydrogens (tertiary/aromatic N) is 5. The molecule has 68 valence electrons. The predicted octanol–water partition coefficient (Wildman–Crippen LogP) is 1.02. The Balaban J connectivity index is 2.37. The highest BCUT2D eigenvalue weighted by Gasteiger charge is 2.04. The molecule has 2 heterocycles. The quantitative estimate of drug-likeness (QED) is 0.684. The molecule has 0 atom stereocenters. The molecule has 6 heteroatoms. The van der Waals surface area contributed by atoms with Crippen LogP contribution in [-0.2, 0) is 0 Å². The van der Waals surface area contributed by atoms with E-state index in [9.17, 15) is 0 Å². The van der Waals surface area contributed by atoms with Crippen LogP contribution in [0.1, 0.15) is 13.3 Å². The van der Waals surface area contributed by atoms with Crippen LogP contribution in [0.2, 0.25) is 0 Å². The number of thioether (sulfide) groups is 1. The van der Waals surface area contributed by atoms with Crippen molar-refractivity contribution in [3.63, 3.8) is 0 Å². The molecule has 0 aliphatic rings. The van der Waals surface area contributed by atoms with Gasteiger partial charge in [0.25, 0.3) is 0 Å². The van der Waals surface area contributed by atoms with Crippen molar-refractivity contribution in [2.45, 2.75) is 18.4 Å². The fourth-order valence-electron chi connectivity index (χ4n) is 0.957. The van der Waals surface area contributed by atoms with Crippen molar-refractivity contribution < 1.29 is 0 Å². The van der Waals surface area contributed by atoms with Crippen molar-refractivity contribution in [2.24, 2.45) is 0 Å². The van der Waals surface area contributed by atoms with Crippen molar-refractivity contribution in [1.82, 2.24) is 25.0 Å². The Morgan fingerprint density at radius 1 is 1.54 bits per heavy atom. The Morgan fingerprint density at radius 2 is 2.46 bits per heavy atom. The first kappa shape index (κ1) is 8.43. The smallest absolute Gasteiger partial charge is 0.211 e. The van der Waals surface area contributed by atoms with E-state index in [1.165, 1.54) is 0 Å². The molecule has 0 aromatic carbocycles. The lowest BCUT2D eigenvalue weighted by Gasteiger charge is -1.97. The third-order valence-electron chi connectivity index (χ3n) is 1.53. The molecule has 5 nitrogen and oxygen atoms in total. The van der Waals surface area contributed by atoms with Gasteiger partial charge in [-0.25, -0.2) is 4.98 Å². The maximum absolute atomic E-state index is 4.22. The minimum Gasteiger partial charge on any atom is -0.244 e. The summed E-state index contributed by atoms with van der Waals surface area (Å²) in [6, 6.07) is 0. The van der Waals surface area contributed by atoms with E-state index in [1.807, 2.05) is 0 Å². The molecule has 0 aliphatic heterocycles. The summed E-state index contributed by atoms with van der Waals surface area (Å²) < 4.78 is 1.63. The maximum atomic E-state index is 4.22. The highest BCUT2D eigenvalue weighted by molar-refractivity contribution is 7.99. The summed E-state index contributed by atoms with van der Waals surface area (Å²) >= 11 is 1.68. The van der Waals surface area contributed by atoms with E-state index in [0.717, 1.165) is 22.8 Å². The maximum Gasteiger partial charge on any atom is 0.211 e. The summed E-state index contributed by atoms with van der Waals surface area (Å²) in [5.41, 5.74) is 0.737. The molecular weight excluding hydrogens is 186 g/mol. The van der Waals surface area contributed by atoms with Gasteiger partial charge in [0.1, 0.15) is 5.03 Å². The average molecular weight is 195 g/mol. The fraction of sp³-hybridized carbons (Fsp3) is 0.429. The third kappa shape index (κ3) is 1.62. The summed E-state index contributed by atoms with van der Waals surface area (Å²) in [5.74, 6) is 1.04. The Morgan fingerprint density at radius 3 is 3.31 bits per heavy atom. The van der Waals surface area contributed by atoms with Crippen LogP contribution < -0.4 is 0 Å². The Kier molecular flexibility index (Phi) is 2.40. The first-order valence-corrected chi connectivity index (χ1v) is 5.06. The number of tetrazole rings is 1. The number of hydrogen-bond acceptors (Lipinski definition) is 5. The second-order valence-electron chi connectivity index (χ2n) is 2.53. The molecule has 0 fully saturated rings. The number of aromatic nitrogens is 5. The van der Waals surface area contributed by atoms with Crippen LogP contribution in [0.3, 0.4) is 0 Å². The van der Waals surface area contributed by atoms with Gasteiger partial charge in [0, 0.05) is 6.20 Å². The van der Waals surface area contributed by atoms with Crippen LogP contribution >= 0.6 is 11.8 Å². The van der Waals surface area contributed by atoms with Gasteiger partial charge < -0.3 is 0 Å². The van der Waals surface area contributed by atoms with Gasteiger partial charge in [0.2, 0.25) is 5.65 Å². The zero-order valence-corrected chi connectivity index (χ0v) is 8.03. The molecule has 2 aromatic rings. The molecule has 0 N–H and O–H groups in total. The molecule has 0 saturated carbocycles. The van der Waals surface area contributed by atoms with Crippen LogP contribution in [0, 0.1) is 0 Å². The van der Waals surface area contributed by atoms with Gasteiger partial charge in [0.15, 0.2) is 0 Å². The standard InChI is InChI=1S/C7H9N5S/c1-2-5-13-7-6-9-10-11-12(6)4-3-8-7/h3-4H,2,5H2,1H3. The number of fused-ring (bicyclic) bond motifs is 1. The molecule has 0 amide bonds. The fourth-order valence-corrected chi connectivity index (χ4v) is 1.75. The lowest BCUT2D eigenvalue weighted by Crippen LogP contribution is -1.91. The molecule has 2 aromatic heterocycles. The average Bonchev–Trinajstić information content (AvgIpc) is 2.62. The first-order chi connectivity index (χ1) is 6.42. The highest BCUT2D eigenvalue weighted by atomic mass is 32.2. The van der Waals surface area contributed by atoms with Gasteiger partial charge in [-0.1, -0.05) is 6.92 Å². The molecule has 0 saturated heterocycles. The lowest BCUT2D eigenvalue weighted by atomic mass is 10.6. The second-order valence-corrected chi connectivity index (χ2v) is 3.61. The molecule has 13 heavy (non-hydrogen) atoms. The van der Waals surface area contributed by atoms with Crippen LogP contribution in [0.5, 0.6) is 0 Å². The van der Waals surface area contributed by atoms with Crippen molar-refractivity contribution >= 4 is 17.4 Å². The Hall–Kier alpha value is -1.17. The molecule has 0 aliphatic carbocycles. The van der Waals surface area contributed by atoms with E-state index in [2.05, 4.69) is 27.4 Å². The van der Waals surface area contributed by atoms with E-state index >= 15 is 0 Å². The summed E-state index contributed by atoms with van der Waals surface area (Å²) in [5, 5.41) is 12.2. The SMILES string of the molecule is CCCSc1nccn2nnnc12. The zero-order valence-electron chi connectivity index (χ0n) is 7.21. The minimum atomic E-state index is 0.737. The molecule has 0 unspecified atom stereocenters. The van der Waals surface area contributed by atoms with Crippen molar-refractivity contribution in [2.75, 3.05) is 5.75 Å². The van der Waals surface area contributed by atoms with E-state index in [0.29, 0.717) is 0 Å². The topological polar surface area (TPSA) is 56.0 Å². The van der Waals surface area contributed by atoms with E-state index in [-0.39, 0.29) is 0 Å². The molecule has 0 spiro atoms. The number of hydrogen-bond donors (Lipinski definition) is 0. The van der Waals surface area contributed by atoms with Crippen LogP contribution in [0.4, 0.5) is 0 Å². The van der Waals surface area contributed by atoms with Crippen LogP contribution in [-0.4, -0.2) is 30.8 Å². The van der Waals surface area contributed by atoms with Crippen LogP contribution in [0.15, 0.2) is 17.4 Å². The molecule has 0 bridgehead atoms. The Bertz CT molecular complexity index is 398. The van der Waals surface area contributed by atoms with E-state index in [4.69, 9.17) is 0 Å². The van der Waals surface area contributed by atoms with Gasteiger partial charge in [-0.15, -0.1) is 16.9 Å². The molecule has 0 radical (unpaired) electrons. The van der Waals surface area contributed by atoms with Crippen molar-refractivity contribution in [3.05, 3.63) is 12.4 Å². The van der Waals surface area contributed by atoms with E-state index in [1.54, 1.807) is 28.7 Å². The summed E-state index contributed by atoms with van der Waals surface area (Å²) in [4.78, 5) is 4.22. The largest absolute Gasteiger partial charge is 0.244 e. The minimum absolute atomic E-state index is 0.737. The predicted molar refractivity (Wildman–Crippen MR) is 49.6 cm³/mol. The molecule has 2 rings (SSSR count). The summed E-state index contributed by atoms with van der Waals surface area (Å²) in [6.45, 7) is 2.13. The Labute approximate surface area is 79.6 Å². The summed E-state index contributed by atoms with van der Waals surface area (Å²) in [6.07, 6.45) is 4.57. The normalized spacial score (nSPS) is 10.8. The second kappa shape index (κ2) is 3.69. The third-order valence-corrected chi connectivity index (χ3v) is 2.70. The van der Waals surface area contributed by atoms with Gasteiger partial charge in [-0.05, 0) is 22.6 Å². The van der Waals surface area contributed by atoms with Gasteiger partial charge in [-0.2, -0.15) is 4.52 Å². The van der Waals surface area contributed by atoms with Gasteiger partial charge in [0.05, 0.1) is 6.20 Å². The highest BCUT2D eigenvalue weighted by Crippen LogP contribution is 2.18. The summed E-state index contributed by atoms with van der Waals surface area (Å²) in [7, 11) is 0. The molecular formula is C7H9N5S.